The molecule has 0 amide bonds. The maximum atomic E-state index is 13.3. The van der Waals surface area contributed by atoms with Gasteiger partial charge in [0.25, 0.3) is 11.1 Å². The summed E-state index contributed by atoms with van der Waals surface area (Å²) in [5.74, 6) is 1.06. The third-order valence-electron chi connectivity index (χ3n) is 5.69. The molecule has 4 aromatic heterocycles. The third kappa shape index (κ3) is 3.07. The molecule has 0 saturated heterocycles. The molecule has 0 N–H and O–H groups in total. The van der Waals surface area contributed by atoms with Gasteiger partial charge in [-0.25, -0.2) is 4.40 Å². The first-order valence-corrected chi connectivity index (χ1v) is 12.5. The van der Waals surface area contributed by atoms with Crippen LogP contribution in [0, 0.1) is 0 Å². The molecule has 1 aromatic carbocycles. The number of furan rings is 1. The van der Waals surface area contributed by atoms with Gasteiger partial charge in [0, 0.05) is 16.5 Å². The van der Waals surface area contributed by atoms with Crippen LogP contribution in [0.1, 0.15) is 29.0 Å². The Morgan fingerprint density at radius 1 is 1.06 bits per heavy atom. The lowest BCUT2D eigenvalue weighted by atomic mass is 9.97. The van der Waals surface area contributed by atoms with Crippen molar-refractivity contribution >= 4 is 67.1 Å². The summed E-state index contributed by atoms with van der Waals surface area (Å²) in [4.78, 5) is 32.6. The lowest BCUT2D eigenvalue weighted by molar-refractivity contribution is 0.571. The molecule has 1 aliphatic rings. The van der Waals surface area contributed by atoms with Crippen LogP contribution in [0.4, 0.5) is 0 Å². The summed E-state index contributed by atoms with van der Waals surface area (Å²) in [7, 11) is 0. The molecule has 0 radical (unpaired) electrons. The van der Waals surface area contributed by atoms with Crippen molar-refractivity contribution in [3.05, 3.63) is 81.8 Å². The highest BCUT2D eigenvalue weighted by Crippen LogP contribution is 2.35. The van der Waals surface area contributed by atoms with Gasteiger partial charge in [-0.15, -0.1) is 11.3 Å². The molecule has 0 unspecified atom stereocenters. The van der Waals surface area contributed by atoms with Crippen LogP contribution in [0.25, 0.3) is 32.6 Å². The summed E-state index contributed by atoms with van der Waals surface area (Å²) in [5, 5.41) is 1.46. The van der Waals surface area contributed by atoms with Crippen LogP contribution in [0.3, 0.4) is 0 Å². The van der Waals surface area contributed by atoms with E-state index in [0.717, 1.165) is 31.2 Å². The van der Waals surface area contributed by atoms with Crippen LogP contribution < -0.4 is 15.7 Å². The fourth-order valence-corrected chi connectivity index (χ4v) is 6.97. The average molecular weight is 501 g/mol. The summed E-state index contributed by atoms with van der Waals surface area (Å²) < 4.78 is 7.95. The molecule has 0 atom stereocenters. The Morgan fingerprint density at radius 2 is 1.91 bits per heavy atom. The zero-order chi connectivity index (χ0) is 22.0. The van der Waals surface area contributed by atoms with Crippen molar-refractivity contribution in [1.29, 1.82) is 0 Å². The average Bonchev–Trinajstić information content (AvgIpc) is 3.47. The maximum Gasteiger partial charge on any atom is 0.282 e. The first kappa shape index (κ1) is 20.2. The molecule has 6 rings (SSSR count). The normalized spacial score (nSPS) is 14.5. The second-order valence-corrected chi connectivity index (χ2v) is 10.5. The van der Waals surface area contributed by atoms with Gasteiger partial charge in [-0.3, -0.25) is 9.59 Å². The highest BCUT2D eigenvalue weighted by atomic mass is 35.5. The maximum absolute atomic E-state index is 13.3. The molecule has 0 bridgehead atoms. The number of nitrogens with zero attached hydrogens (tertiary/aromatic N) is 2. The Labute approximate surface area is 199 Å². The first-order chi connectivity index (χ1) is 15.5. The van der Waals surface area contributed by atoms with Crippen molar-refractivity contribution in [2.24, 2.45) is 0 Å². The van der Waals surface area contributed by atoms with E-state index >= 15 is 0 Å². The van der Waals surface area contributed by atoms with Crippen LogP contribution >= 0.6 is 45.9 Å². The monoisotopic (exact) mass is 500 g/mol. The zero-order valence-corrected chi connectivity index (χ0v) is 19.6. The third-order valence-corrected chi connectivity index (χ3v) is 8.76. The van der Waals surface area contributed by atoms with E-state index < -0.39 is 0 Å². The van der Waals surface area contributed by atoms with Crippen molar-refractivity contribution in [2.75, 3.05) is 0 Å². The number of fused-ring (bicyclic) bond motifs is 5. The Hall–Kier alpha value is -2.45. The van der Waals surface area contributed by atoms with E-state index in [1.807, 2.05) is 6.07 Å². The fraction of sp³-hybridized carbons (Fsp3) is 0.174. The van der Waals surface area contributed by atoms with Crippen molar-refractivity contribution in [3.63, 3.8) is 0 Å². The molecule has 0 aliphatic heterocycles. The van der Waals surface area contributed by atoms with Gasteiger partial charge in [-0.1, -0.05) is 40.6 Å². The smallest absolute Gasteiger partial charge is 0.282 e. The zero-order valence-electron chi connectivity index (χ0n) is 16.5. The number of halogens is 2. The SMILES string of the molecule is O=c1nc2sc(=Cc3ccc(-c4cccc(Cl)c4Cl)o3)c(=O)n2c2sc3c(c12)CCCC3. The van der Waals surface area contributed by atoms with Gasteiger partial charge in [-0.2, -0.15) is 4.98 Å². The Balaban J connectivity index is 1.53. The molecule has 9 heteroatoms. The summed E-state index contributed by atoms with van der Waals surface area (Å²) in [6.45, 7) is 0. The molecule has 1 aliphatic carbocycles. The topological polar surface area (TPSA) is 64.6 Å². The minimum absolute atomic E-state index is 0.195. The quantitative estimate of drug-likeness (QED) is 0.328. The first-order valence-electron chi connectivity index (χ1n) is 10.1. The van der Waals surface area contributed by atoms with E-state index in [1.54, 1.807) is 46.1 Å². The number of aromatic nitrogens is 2. The summed E-state index contributed by atoms with van der Waals surface area (Å²) >= 11 is 15.1. The van der Waals surface area contributed by atoms with Crippen molar-refractivity contribution in [1.82, 2.24) is 9.38 Å². The summed E-state index contributed by atoms with van der Waals surface area (Å²) in [5.41, 5.74) is 1.31. The summed E-state index contributed by atoms with van der Waals surface area (Å²) in [6, 6.07) is 8.88. The number of hydrogen-bond acceptors (Lipinski definition) is 6. The van der Waals surface area contributed by atoms with Gasteiger partial charge in [0.05, 0.1) is 15.4 Å². The van der Waals surface area contributed by atoms with E-state index in [2.05, 4.69) is 4.98 Å². The predicted molar refractivity (Wildman–Crippen MR) is 131 cm³/mol. The standard InChI is InChI=1S/C23H14Cl2N2O3S2/c24-14-6-3-5-12(19(14)25)15-9-8-11(30-15)10-17-21(29)27-22-18(20(28)26-23(27)32-17)13-4-1-2-7-16(13)31-22/h3,5-6,8-10H,1-2,4,7H2. The van der Waals surface area contributed by atoms with Gasteiger partial charge >= 0.3 is 0 Å². The van der Waals surface area contributed by atoms with E-state index in [4.69, 9.17) is 27.6 Å². The Bertz CT molecular complexity index is 1710. The predicted octanol–water partition coefficient (Wildman–Crippen LogP) is 5.32. The number of aryl methyl sites for hydroxylation is 2. The molecule has 32 heavy (non-hydrogen) atoms. The van der Waals surface area contributed by atoms with Crippen LogP contribution in [0.2, 0.25) is 10.0 Å². The van der Waals surface area contributed by atoms with Crippen LogP contribution in [-0.2, 0) is 12.8 Å². The van der Waals surface area contributed by atoms with E-state index in [-0.39, 0.29) is 11.1 Å². The van der Waals surface area contributed by atoms with Gasteiger partial charge in [0.1, 0.15) is 20.9 Å². The van der Waals surface area contributed by atoms with Crippen molar-refractivity contribution in [3.8, 4) is 11.3 Å². The highest BCUT2D eigenvalue weighted by Gasteiger charge is 2.22. The highest BCUT2D eigenvalue weighted by molar-refractivity contribution is 7.19. The lowest BCUT2D eigenvalue weighted by Crippen LogP contribution is -2.24. The van der Waals surface area contributed by atoms with Crippen molar-refractivity contribution in [2.45, 2.75) is 25.7 Å². The molecule has 0 spiro atoms. The number of rotatable bonds is 2. The Kier molecular flexibility index (Phi) is 4.76. The molecule has 5 nitrogen and oxygen atoms in total. The minimum atomic E-state index is -0.247. The summed E-state index contributed by atoms with van der Waals surface area (Å²) in [6.07, 6.45) is 5.67. The minimum Gasteiger partial charge on any atom is -0.457 e. The molecule has 0 saturated carbocycles. The molecule has 160 valence electrons. The second kappa shape index (κ2) is 7.56. The number of thiophene rings is 1. The largest absolute Gasteiger partial charge is 0.457 e. The molecule has 4 heterocycles. The van der Waals surface area contributed by atoms with Crippen molar-refractivity contribution < 1.29 is 4.42 Å². The van der Waals surface area contributed by atoms with Gasteiger partial charge < -0.3 is 4.42 Å². The lowest BCUT2D eigenvalue weighted by Gasteiger charge is -2.09. The molecular formula is C23H14Cl2N2O3S2. The number of hydrogen-bond donors (Lipinski definition) is 0. The second-order valence-electron chi connectivity index (χ2n) is 7.65. The van der Waals surface area contributed by atoms with E-state index in [9.17, 15) is 9.59 Å². The molecular weight excluding hydrogens is 487 g/mol. The number of thiazole rings is 1. The van der Waals surface area contributed by atoms with Crippen LogP contribution in [-0.4, -0.2) is 9.38 Å². The number of benzene rings is 1. The van der Waals surface area contributed by atoms with E-state index in [0.29, 0.717) is 46.8 Å². The molecule has 5 aromatic rings. The van der Waals surface area contributed by atoms with Gasteiger partial charge in [0.15, 0.2) is 0 Å². The fourth-order valence-electron chi connectivity index (χ4n) is 4.20. The van der Waals surface area contributed by atoms with Gasteiger partial charge in [-0.05, 0) is 55.5 Å². The van der Waals surface area contributed by atoms with Crippen LogP contribution in [0.15, 0.2) is 44.3 Å². The van der Waals surface area contributed by atoms with Crippen LogP contribution in [0.5, 0.6) is 0 Å². The molecule has 0 fully saturated rings. The van der Waals surface area contributed by atoms with Gasteiger partial charge in [0.2, 0.25) is 4.96 Å². The van der Waals surface area contributed by atoms with E-state index in [1.165, 1.54) is 16.2 Å². The Morgan fingerprint density at radius 3 is 2.78 bits per heavy atom.